The standard InChI is InChI=1S/C21H28N2O4/c1-16-20(17(2)27-22-16)14-21(24)23-10-8-19(9-11-23)26-13-12-25-15-18-6-4-3-5-7-18/h3-7,19H,8-15H2,1-2H3. The lowest BCUT2D eigenvalue weighted by atomic mass is 10.1. The van der Waals surface area contributed by atoms with E-state index in [4.69, 9.17) is 14.0 Å². The lowest BCUT2D eigenvalue weighted by Crippen LogP contribution is -2.41. The third kappa shape index (κ3) is 5.65. The molecular weight excluding hydrogens is 344 g/mol. The fourth-order valence-electron chi connectivity index (χ4n) is 3.33. The Kier molecular flexibility index (Phi) is 7.01. The number of piperidine rings is 1. The van der Waals surface area contributed by atoms with E-state index in [-0.39, 0.29) is 12.0 Å². The van der Waals surface area contributed by atoms with E-state index in [9.17, 15) is 4.79 Å². The first-order valence-electron chi connectivity index (χ1n) is 9.56. The van der Waals surface area contributed by atoms with E-state index in [0.29, 0.717) is 26.2 Å². The highest BCUT2D eigenvalue weighted by Crippen LogP contribution is 2.18. The van der Waals surface area contributed by atoms with Crippen LogP contribution in [0.3, 0.4) is 0 Å². The van der Waals surface area contributed by atoms with Gasteiger partial charge in [-0.1, -0.05) is 35.5 Å². The largest absolute Gasteiger partial charge is 0.376 e. The van der Waals surface area contributed by atoms with Crippen molar-refractivity contribution < 1.29 is 18.8 Å². The van der Waals surface area contributed by atoms with Crippen molar-refractivity contribution in [3.63, 3.8) is 0 Å². The van der Waals surface area contributed by atoms with Crippen LogP contribution in [0, 0.1) is 13.8 Å². The summed E-state index contributed by atoms with van der Waals surface area (Å²) in [7, 11) is 0. The van der Waals surface area contributed by atoms with Crippen molar-refractivity contribution in [2.75, 3.05) is 26.3 Å². The molecule has 1 aromatic carbocycles. The van der Waals surface area contributed by atoms with Crippen LogP contribution in [0.25, 0.3) is 0 Å². The predicted octanol–water partition coefficient (Wildman–Crippen LogP) is 3.06. The lowest BCUT2D eigenvalue weighted by molar-refractivity contribution is -0.133. The smallest absolute Gasteiger partial charge is 0.227 e. The molecule has 0 radical (unpaired) electrons. The van der Waals surface area contributed by atoms with Crippen LogP contribution in [0.4, 0.5) is 0 Å². The molecule has 1 aromatic heterocycles. The van der Waals surface area contributed by atoms with E-state index < -0.39 is 0 Å². The van der Waals surface area contributed by atoms with E-state index in [2.05, 4.69) is 17.3 Å². The Balaban J connectivity index is 1.31. The monoisotopic (exact) mass is 372 g/mol. The first-order valence-corrected chi connectivity index (χ1v) is 9.56. The Labute approximate surface area is 160 Å². The molecule has 2 heterocycles. The number of aromatic nitrogens is 1. The molecule has 6 heteroatoms. The number of ether oxygens (including phenoxy) is 2. The van der Waals surface area contributed by atoms with Crippen LogP contribution in [-0.4, -0.2) is 48.4 Å². The Morgan fingerprint density at radius 2 is 1.93 bits per heavy atom. The van der Waals surface area contributed by atoms with Crippen molar-refractivity contribution in [2.45, 2.75) is 45.8 Å². The minimum Gasteiger partial charge on any atom is -0.376 e. The molecule has 6 nitrogen and oxygen atoms in total. The molecule has 0 bridgehead atoms. The Morgan fingerprint density at radius 3 is 2.59 bits per heavy atom. The number of likely N-dealkylation sites (tertiary alicyclic amines) is 1. The van der Waals surface area contributed by atoms with Gasteiger partial charge in [0.15, 0.2) is 0 Å². The number of carbonyl (C=O) groups excluding carboxylic acids is 1. The summed E-state index contributed by atoms with van der Waals surface area (Å²) in [5, 5.41) is 3.92. The van der Waals surface area contributed by atoms with Gasteiger partial charge in [0.25, 0.3) is 0 Å². The molecule has 1 saturated heterocycles. The fourth-order valence-corrected chi connectivity index (χ4v) is 3.33. The molecule has 0 atom stereocenters. The molecule has 0 saturated carbocycles. The molecule has 3 rings (SSSR count). The average Bonchev–Trinajstić information content (AvgIpc) is 3.01. The van der Waals surface area contributed by atoms with Crippen LogP contribution in [0.1, 0.15) is 35.4 Å². The number of nitrogens with zero attached hydrogens (tertiary/aromatic N) is 2. The zero-order valence-electron chi connectivity index (χ0n) is 16.1. The Hall–Kier alpha value is -2.18. The summed E-state index contributed by atoms with van der Waals surface area (Å²) in [5.41, 5.74) is 2.88. The molecule has 146 valence electrons. The Morgan fingerprint density at radius 1 is 1.19 bits per heavy atom. The van der Waals surface area contributed by atoms with Gasteiger partial charge in [-0.05, 0) is 32.3 Å². The second-order valence-electron chi connectivity index (χ2n) is 6.97. The third-order valence-electron chi connectivity index (χ3n) is 5.00. The first kappa shape index (κ1) is 19.6. The van der Waals surface area contributed by atoms with Crippen molar-refractivity contribution in [3.8, 4) is 0 Å². The van der Waals surface area contributed by atoms with Crippen molar-refractivity contribution in [2.24, 2.45) is 0 Å². The van der Waals surface area contributed by atoms with Crippen molar-refractivity contribution >= 4 is 5.91 Å². The summed E-state index contributed by atoms with van der Waals surface area (Å²) in [5.74, 6) is 0.864. The van der Waals surface area contributed by atoms with Crippen LogP contribution >= 0.6 is 0 Å². The molecule has 2 aromatic rings. The molecule has 0 unspecified atom stereocenters. The van der Waals surface area contributed by atoms with Gasteiger partial charge in [-0.25, -0.2) is 0 Å². The van der Waals surface area contributed by atoms with Crippen LogP contribution in [-0.2, 0) is 27.3 Å². The van der Waals surface area contributed by atoms with E-state index in [1.807, 2.05) is 36.9 Å². The topological polar surface area (TPSA) is 64.8 Å². The highest BCUT2D eigenvalue weighted by Gasteiger charge is 2.24. The lowest BCUT2D eigenvalue weighted by Gasteiger charge is -2.32. The normalized spacial score (nSPS) is 15.3. The van der Waals surface area contributed by atoms with Gasteiger partial charge < -0.3 is 18.9 Å². The van der Waals surface area contributed by atoms with Gasteiger partial charge in [0.1, 0.15) is 5.76 Å². The molecule has 0 N–H and O–H groups in total. The number of benzene rings is 1. The van der Waals surface area contributed by atoms with Crippen molar-refractivity contribution in [1.29, 1.82) is 0 Å². The van der Waals surface area contributed by atoms with Crippen molar-refractivity contribution in [3.05, 3.63) is 52.9 Å². The minimum absolute atomic E-state index is 0.133. The van der Waals surface area contributed by atoms with Gasteiger partial charge in [0.2, 0.25) is 5.91 Å². The van der Waals surface area contributed by atoms with Gasteiger partial charge in [0.05, 0.1) is 38.0 Å². The zero-order valence-corrected chi connectivity index (χ0v) is 16.1. The van der Waals surface area contributed by atoms with E-state index >= 15 is 0 Å². The van der Waals surface area contributed by atoms with Gasteiger partial charge in [-0.15, -0.1) is 0 Å². The van der Waals surface area contributed by atoms with Gasteiger partial charge in [-0.2, -0.15) is 0 Å². The summed E-state index contributed by atoms with van der Waals surface area (Å²) in [6, 6.07) is 10.1. The maximum absolute atomic E-state index is 12.5. The van der Waals surface area contributed by atoms with Gasteiger partial charge in [-0.3, -0.25) is 4.79 Å². The SMILES string of the molecule is Cc1noc(C)c1CC(=O)N1CCC(OCCOCc2ccccc2)CC1. The molecule has 1 aliphatic rings. The van der Waals surface area contributed by atoms with Crippen LogP contribution in [0.15, 0.2) is 34.9 Å². The van der Waals surface area contributed by atoms with E-state index in [1.165, 1.54) is 5.56 Å². The van der Waals surface area contributed by atoms with Crippen LogP contribution < -0.4 is 0 Å². The minimum atomic E-state index is 0.133. The van der Waals surface area contributed by atoms with E-state index in [0.717, 1.165) is 42.9 Å². The molecule has 27 heavy (non-hydrogen) atoms. The summed E-state index contributed by atoms with van der Waals surface area (Å²) >= 11 is 0. The highest BCUT2D eigenvalue weighted by molar-refractivity contribution is 5.79. The number of aryl methyl sites for hydroxylation is 2. The summed E-state index contributed by atoms with van der Waals surface area (Å²) in [6.07, 6.45) is 2.30. The number of hydrogen-bond donors (Lipinski definition) is 0. The summed E-state index contributed by atoms with van der Waals surface area (Å²) in [6.45, 7) is 6.97. The molecule has 0 spiro atoms. The van der Waals surface area contributed by atoms with Crippen molar-refractivity contribution in [1.82, 2.24) is 10.1 Å². The highest BCUT2D eigenvalue weighted by atomic mass is 16.5. The Bertz CT molecular complexity index is 702. The third-order valence-corrected chi connectivity index (χ3v) is 5.00. The molecule has 1 aliphatic heterocycles. The summed E-state index contributed by atoms with van der Waals surface area (Å²) in [4.78, 5) is 14.4. The number of amides is 1. The number of rotatable bonds is 8. The van der Waals surface area contributed by atoms with Gasteiger partial charge in [0, 0.05) is 18.7 Å². The summed E-state index contributed by atoms with van der Waals surface area (Å²) < 4.78 is 16.7. The molecule has 1 amide bonds. The fraction of sp³-hybridized carbons (Fsp3) is 0.524. The maximum Gasteiger partial charge on any atom is 0.227 e. The molecule has 1 fully saturated rings. The zero-order chi connectivity index (χ0) is 19.1. The van der Waals surface area contributed by atoms with Gasteiger partial charge >= 0.3 is 0 Å². The number of carbonyl (C=O) groups is 1. The quantitative estimate of drug-likeness (QED) is 0.667. The predicted molar refractivity (Wildman–Crippen MR) is 101 cm³/mol. The molecule has 0 aliphatic carbocycles. The second-order valence-corrected chi connectivity index (χ2v) is 6.97. The number of hydrogen-bond acceptors (Lipinski definition) is 5. The van der Waals surface area contributed by atoms with E-state index in [1.54, 1.807) is 0 Å². The maximum atomic E-state index is 12.5. The second kappa shape index (κ2) is 9.67. The molecular formula is C21H28N2O4. The average molecular weight is 372 g/mol. The first-order chi connectivity index (χ1) is 13.1. The van der Waals surface area contributed by atoms with Crippen LogP contribution in [0.5, 0.6) is 0 Å². The van der Waals surface area contributed by atoms with Crippen LogP contribution in [0.2, 0.25) is 0 Å².